The van der Waals surface area contributed by atoms with Gasteiger partial charge in [0.2, 0.25) is 0 Å². The molecule has 0 aliphatic rings. The Balaban J connectivity index is 2.64. The minimum Gasteiger partial charge on any atom is -0.380 e. The van der Waals surface area contributed by atoms with Crippen LogP contribution >= 0.6 is 15.9 Å². The molecule has 0 amide bonds. The van der Waals surface area contributed by atoms with Crippen LogP contribution in [0.1, 0.15) is 25.5 Å². The molecular formula is C13H21BrN2O. The van der Waals surface area contributed by atoms with Gasteiger partial charge < -0.3 is 10.1 Å². The van der Waals surface area contributed by atoms with Crippen LogP contribution in [0.4, 0.5) is 0 Å². The zero-order chi connectivity index (χ0) is 12.7. The average Bonchev–Trinajstić information content (AvgIpc) is 2.36. The molecular weight excluding hydrogens is 280 g/mol. The first kappa shape index (κ1) is 14.6. The Morgan fingerprint density at radius 2 is 2.24 bits per heavy atom. The molecule has 17 heavy (non-hydrogen) atoms. The molecule has 0 aliphatic heterocycles. The largest absolute Gasteiger partial charge is 0.380 e. The Hall–Kier alpha value is -0.450. The number of hydrogen-bond acceptors (Lipinski definition) is 3. The molecule has 0 bridgehead atoms. The molecule has 2 unspecified atom stereocenters. The molecule has 1 N–H and O–H groups in total. The molecule has 3 nitrogen and oxygen atoms in total. The first-order chi connectivity index (χ1) is 8.21. The van der Waals surface area contributed by atoms with Crippen LogP contribution in [0.25, 0.3) is 0 Å². The van der Waals surface area contributed by atoms with Crippen molar-refractivity contribution in [1.82, 2.24) is 10.3 Å². The number of halogens is 1. The first-order valence-electron chi connectivity index (χ1n) is 6.01. The summed E-state index contributed by atoms with van der Waals surface area (Å²) in [5, 5.41) is 3.32. The number of hydrogen-bond donors (Lipinski definition) is 1. The van der Waals surface area contributed by atoms with E-state index in [2.05, 4.69) is 33.2 Å². The second kappa shape index (κ2) is 7.80. The van der Waals surface area contributed by atoms with Gasteiger partial charge in [0.1, 0.15) is 0 Å². The Kier molecular flexibility index (Phi) is 6.70. The van der Waals surface area contributed by atoms with Crippen LogP contribution in [0.2, 0.25) is 0 Å². The van der Waals surface area contributed by atoms with Gasteiger partial charge >= 0.3 is 0 Å². The molecule has 1 aromatic rings. The molecule has 0 saturated heterocycles. The van der Waals surface area contributed by atoms with E-state index in [0.717, 1.165) is 29.4 Å². The van der Waals surface area contributed by atoms with Crippen molar-refractivity contribution < 1.29 is 4.74 Å². The predicted octanol–water partition coefficient (Wildman–Crippen LogP) is 2.79. The lowest BCUT2D eigenvalue weighted by atomic mass is 10.0. The molecule has 0 spiro atoms. The summed E-state index contributed by atoms with van der Waals surface area (Å²) in [4.78, 5) is 4.40. The number of ether oxygens (including phenoxy) is 1. The van der Waals surface area contributed by atoms with Gasteiger partial charge in [-0.3, -0.25) is 4.98 Å². The number of aromatic nitrogens is 1. The van der Waals surface area contributed by atoms with E-state index in [9.17, 15) is 0 Å². The fourth-order valence-electron chi connectivity index (χ4n) is 1.94. The van der Waals surface area contributed by atoms with Crippen LogP contribution in [0, 0.1) is 0 Å². The second-order valence-electron chi connectivity index (χ2n) is 4.13. The molecule has 0 fully saturated rings. The summed E-state index contributed by atoms with van der Waals surface area (Å²) in [5.74, 6) is 0. The van der Waals surface area contributed by atoms with E-state index in [4.69, 9.17) is 4.74 Å². The van der Waals surface area contributed by atoms with Crippen molar-refractivity contribution in [3.63, 3.8) is 0 Å². The van der Waals surface area contributed by atoms with Gasteiger partial charge in [0.15, 0.2) is 0 Å². The van der Waals surface area contributed by atoms with Crippen LogP contribution in [0.5, 0.6) is 0 Å². The van der Waals surface area contributed by atoms with Crippen LogP contribution in [-0.2, 0) is 11.2 Å². The molecule has 1 rings (SSSR count). The molecule has 4 heteroatoms. The van der Waals surface area contributed by atoms with Crippen molar-refractivity contribution in [2.45, 2.75) is 38.3 Å². The van der Waals surface area contributed by atoms with Crippen LogP contribution in [-0.4, -0.2) is 31.3 Å². The molecule has 96 valence electrons. The SMILES string of the molecule is CCCC(OC)C(Cc1ccc(Br)cn1)NC. The standard InChI is InChI=1S/C13H21BrN2O/c1-4-5-13(17-3)12(15-2)8-11-7-6-10(14)9-16-11/h6-7,9,12-13,15H,4-5,8H2,1-3H3. The number of nitrogens with one attached hydrogen (secondary N) is 1. The fourth-order valence-corrected chi connectivity index (χ4v) is 2.17. The Labute approximate surface area is 112 Å². The number of methoxy groups -OCH3 is 1. The van der Waals surface area contributed by atoms with Gasteiger partial charge in [0.05, 0.1) is 6.10 Å². The second-order valence-corrected chi connectivity index (χ2v) is 5.05. The Bertz CT molecular complexity index is 316. The normalized spacial score (nSPS) is 14.6. The molecule has 0 aromatic carbocycles. The quantitative estimate of drug-likeness (QED) is 0.841. The van der Waals surface area contributed by atoms with Crippen molar-refractivity contribution in [2.75, 3.05) is 14.2 Å². The maximum absolute atomic E-state index is 5.54. The van der Waals surface area contributed by atoms with E-state index in [0.29, 0.717) is 6.04 Å². The summed E-state index contributed by atoms with van der Waals surface area (Å²) < 4.78 is 6.55. The third kappa shape index (κ3) is 4.74. The summed E-state index contributed by atoms with van der Waals surface area (Å²) >= 11 is 3.39. The lowest BCUT2D eigenvalue weighted by Crippen LogP contribution is -2.40. The van der Waals surface area contributed by atoms with Gasteiger partial charge in [-0.05, 0) is 41.5 Å². The summed E-state index contributed by atoms with van der Waals surface area (Å²) in [6.45, 7) is 2.18. The number of likely N-dealkylation sites (N-methyl/N-ethyl adjacent to an activating group) is 1. The summed E-state index contributed by atoms with van der Waals surface area (Å²) in [6.07, 6.45) is 5.17. The molecule has 2 atom stereocenters. The molecule has 1 heterocycles. The zero-order valence-corrected chi connectivity index (χ0v) is 12.3. The van der Waals surface area contributed by atoms with Crippen LogP contribution in [0.3, 0.4) is 0 Å². The van der Waals surface area contributed by atoms with Gasteiger partial charge in [-0.1, -0.05) is 13.3 Å². The van der Waals surface area contributed by atoms with Crippen LogP contribution in [0.15, 0.2) is 22.8 Å². The monoisotopic (exact) mass is 300 g/mol. The van der Waals surface area contributed by atoms with Crippen molar-refractivity contribution in [3.05, 3.63) is 28.5 Å². The number of rotatable bonds is 7. The van der Waals surface area contributed by atoms with Crippen molar-refractivity contribution >= 4 is 15.9 Å². The molecule has 0 radical (unpaired) electrons. The lowest BCUT2D eigenvalue weighted by Gasteiger charge is -2.25. The highest BCUT2D eigenvalue weighted by Gasteiger charge is 2.19. The Morgan fingerprint density at radius 1 is 1.47 bits per heavy atom. The van der Waals surface area contributed by atoms with Gasteiger partial charge in [-0.15, -0.1) is 0 Å². The highest BCUT2D eigenvalue weighted by molar-refractivity contribution is 9.10. The maximum atomic E-state index is 5.54. The maximum Gasteiger partial charge on any atom is 0.0727 e. The smallest absolute Gasteiger partial charge is 0.0727 e. The molecule has 0 aliphatic carbocycles. The lowest BCUT2D eigenvalue weighted by molar-refractivity contribution is 0.0630. The summed E-state index contributed by atoms with van der Waals surface area (Å²) in [6, 6.07) is 4.39. The number of nitrogens with zero attached hydrogens (tertiary/aromatic N) is 1. The predicted molar refractivity (Wildman–Crippen MR) is 74.2 cm³/mol. The highest BCUT2D eigenvalue weighted by Crippen LogP contribution is 2.13. The van der Waals surface area contributed by atoms with Gasteiger partial charge in [-0.2, -0.15) is 0 Å². The number of pyridine rings is 1. The van der Waals surface area contributed by atoms with Crippen molar-refractivity contribution in [2.24, 2.45) is 0 Å². The van der Waals surface area contributed by atoms with Crippen molar-refractivity contribution in [3.8, 4) is 0 Å². The Morgan fingerprint density at radius 3 is 2.71 bits per heavy atom. The zero-order valence-electron chi connectivity index (χ0n) is 10.7. The van der Waals surface area contributed by atoms with E-state index in [1.165, 1.54) is 0 Å². The van der Waals surface area contributed by atoms with Crippen molar-refractivity contribution in [1.29, 1.82) is 0 Å². The van der Waals surface area contributed by atoms with Gasteiger partial charge in [0, 0.05) is 35.9 Å². The minimum atomic E-state index is 0.246. The fraction of sp³-hybridized carbons (Fsp3) is 0.615. The minimum absolute atomic E-state index is 0.246. The van der Waals surface area contributed by atoms with Crippen LogP contribution < -0.4 is 5.32 Å². The highest BCUT2D eigenvalue weighted by atomic mass is 79.9. The first-order valence-corrected chi connectivity index (χ1v) is 6.81. The van der Waals surface area contributed by atoms with E-state index in [1.807, 2.05) is 25.4 Å². The van der Waals surface area contributed by atoms with E-state index >= 15 is 0 Å². The summed E-state index contributed by atoms with van der Waals surface area (Å²) in [7, 11) is 3.75. The topological polar surface area (TPSA) is 34.1 Å². The average molecular weight is 301 g/mol. The van der Waals surface area contributed by atoms with Gasteiger partial charge in [0.25, 0.3) is 0 Å². The third-order valence-corrected chi connectivity index (χ3v) is 3.38. The molecule has 0 saturated carbocycles. The van der Waals surface area contributed by atoms with Gasteiger partial charge in [-0.25, -0.2) is 0 Å². The van der Waals surface area contributed by atoms with E-state index in [1.54, 1.807) is 7.11 Å². The molecule has 1 aromatic heterocycles. The summed E-state index contributed by atoms with van der Waals surface area (Å²) in [5.41, 5.74) is 1.09. The van der Waals surface area contributed by atoms with E-state index in [-0.39, 0.29) is 6.10 Å². The third-order valence-electron chi connectivity index (χ3n) is 2.91. The van der Waals surface area contributed by atoms with E-state index < -0.39 is 0 Å².